The molecule has 0 saturated heterocycles. The van der Waals surface area contributed by atoms with Gasteiger partial charge in [-0.3, -0.25) is 4.79 Å². The molecule has 0 radical (unpaired) electrons. The van der Waals surface area contributed by atoms with Crippen LogP contribution in [0.25, 0.3) is 17.4 Å². The maximum Gasteiger partial charge on any atom is 0.293 e. The molecule has 10 heteroatoms. The zero-order valence-electron chi connectivity index (χ0n) is 13.3. The number of carbonyl (C=O) groups excluding carboxylic acids is 1. The molecular weight excluding hydrogens is 379 g/mol. The molecule has 8 nitrogen and oxygen atoms in total. The van der Waals surface area contributed by atoms with Crippen molar-refractivity contribution in [3.8, 4) is 11.3 Å². The molecule has 1 aromatic carbocycles. The van der Waals surface area contributed by atoms with Gasteiger partial charge >= 0.3 is 0 Å². The van der Waals surface area contributed by atoms with Gasteiger partial charge < -0.3 is 4.42 Å². The highest BCUT2D eigenvalue weighted by Crippen LogP contribution is 2.32. The first-order valence-corrected chi connectivity index (χ1v) is 8.19. The minimum Gasteiger partial charge on any atom is -0.457 e. The number of anilines is 1. The Kier molecular flexibility index (Phi) is 4.06. The maximum atomic E-state index is 12.5. The highest BCUT2D eigenvalue weighted by Gasteiger charge is 2.31. The number of amides is 1. The first-order chi connectivity index (χ1) is 12.5. The Morgan fingerprint density at radius 1 is 1.23 bits per heavy atom. The molecule has 0 aliphatic carbocycles. The second-order valence-electron chi connectivity index (χ2n) is 5.40. The number of nitrogens with zero attached hydrogens (tertiary/aromatic N) is 5. The van der Waals surface area contributed by atoms with Crippen molar-refractivity contribution in [2.45, 2.75) is 6.92 Å². The number of hydrazone groups is 1. The first kappa shape index (κ1) is 16.5. The van der Waals surface area contributed by atoms with Gasteiger partial charge in [-0.2, -0.15) is 15.3 Å². The summed E-state index contributed by atoms with van der Waals surface area (Å²) >= 11 is 12.1. The number of H-pyrrole nitrogens is 1. The summed E-state index contributed by atoms with van der Waals surface area (Å²) in [5, 5.41) is 19.5. The van der Waals surface area contributed by atoms with Gasteiger partial charge in [0.25, 0.3) is 11.9 Å². The molecule has 0 atom stereocenters. The largest absolute Gasteiger partial charge is 0.457 e. The van der Waals surface area contributed by atoms with E-state index in [2.05, 4.69) is 25.7 Å². The van der Waals surface area contributed by atoms with Crippen LogP contribution >= 0.6 is 23.2 Å². The average Bonchev–Trinajstić information content (AvgIpc) is 3.32. The smallest absolute Gasteiger partial charge is 0.293 e. The molecule has 26 heavy (non-hydrogen) atoms. The van der Waals surface area contributed by atoms with E-state index in [1.165, 1.54) is 0 Å². The lowest BCUT2D eigenvalue weighted by Crippen LogP contribution is -2.22. The van der Waals surface area contributed by atoms with Crippen molar-refractivity contribution in [3.63, 3.8) is 0 Å². The van der Waals surface area contributed by atoms with Crippen LogP contribution in [-0.2, 0) is 4.79 Å². The minimum absolute atomic E-state index is 0.0748. The summed E-state index contributed by atoms with van der Waals surface area (Å²) < 4.78 is 5.80. The molecule has 4 rings (SSSR count). The molecule has 1 aliphatic heterocycles. The summed E-state index contributed by atoms with van der Waals surface area (Å²) in [5.41, 5.74) is 1.59. The number of hydrogen-bond acceptors (Lipinski definition) is 6. The molecule has 1 amide bonds. The molecule has 0 bridgehead atoms. The Morgan fingerprint density at radius 2 is 2.08 bits per heavy atom. The van der Waals surface area contributed by atoms with Gasteiger partial charge in [0.05, 0.1) is 16.3 Å². The van der Waals surface area contributed by atoms with E-state index in [4.69, 9.17) is 27.6 Å². The van der Waals surface area contributed by atoms with Crippen LogP contribution in [0.3, 0.4) is 0 Å². The van der Waals surface area contributed by atoms with E-state index in [9.17, 15) is 4.79 Å². The predicted octanol–water partition coefficient (Wildman–Crippen LogP) is 3.57. The number of aromatic amines is 1. The Balaban J connectivity index is 1.64. The summed E-state index contributed by atoms with van der Waals surface area (Å²) in [7, 11) is 0. The third-order valence-corrected chi connectivity index (χ3v) is 4.24. The minimum atomic E-state index is -0.369. The molecule has 3 aromatic rings. The van der Waals surface area contributed by atoms with Crippen LogP contribution < -0.4 is 5.01 Å². The number of carbonyl (C=O) groups is 1. The fourth-order valence-corrected chi connectivity index (χ4v) is 2.97. The number of rotatable bonds is 3. The summed E-state index contributed by atoms with van der Waals surface area (Å²) in [6.45, 7) is 1.71. The zero-order chi connectivity index (χ0) is 18.3. The molecule has 1 aliphatic rings. The van der Waals surface area contributed by atoms with E-state index in [1.807, 2.05) is 0 Å². The fourth-order valence-electron chi connectivity index (χ4n) is 2.47. The van der Waals surface area contributed by atoms with Crippen LogP contribution in [0.1, 0.15) is 12.7 Å². The quantitative estimate of drug-likeness (QED) is 0.691. The zero-order valence-corrected chi connectivity index (χ0v) is 14.8. The third-order valence-electron chi connectivity index (χ3n) is 3.70. The third kappa shape index (κ3) is 2.89. The van der Waals surface area contributed by atoms with Crippen LogP contribution in [0.2, 0.25) is 10.0 Å². The highest BCUT2D eigenvalue weighted by atomic mass is 35.5. The Hall–Kier alpha value is -2.97. The molecule has 2 aromatic heterocycles. The van der Waals surface area contributed by atoms with Gasteiger partial charge in [0.1, 0.15) is 11.5 Å². The van der Waals surface area contributed by atoms with Crippen LogP contribution in [0, 0.1) is 0 Å². The molecule has 0 saturated carbocycles. The summed E-state index contributed by atoms with van der Waals surface area (Å²) in [4.78, 5) is 12.5. The Morgan fingerprint density at radius 3 is 2.81 bits per heavy atom. The van der Waals surface area contributed by atoms with Crippen LogP contribution in [0.5, 0.6) is 0 Å². The lowest BCUT2D eigenvalue weighted by molar-refractivity contribution is -0.114. The van der Waals surface area contributed by atoms with E-state index in [1.54, 1.807) is 43.3 Å². The van der Waals surface area contributed by atoms with E-state index in [-0.39, 0.29) is 11.9 Å². The van der Waals surface area contributed by atoms with Gasteiger partial charge in [-0.25, -0.2) is 0 Å². The van der Waals surface area contributed by atoms with Crippen molar-refractivity contribution in [1.29, 1.82) is 0 Å². The standard InChI is InChI=1S/C16H10Cl2N6O2/c1-8-12(15(25)24(21-8)16-19-22-23-20-16)7-10-3-5-14(26-10)11-4-2-9(17)6-13(11)18/h2-7H,1H3,(H,19,20,22,23)/b12-7+. The number of nitrogens with one attached hydrogen (secondary N) is 1. The number of furan rings is 1. The summed E-state index contributed by atoms with van der Waals surface area (Å²) in [6, 6.07) is 8.64. The second kappa shape index (κ2) is 6.40. The summed E-state index contributed by atoms with van der Waals surface area (Å²) in [6.07, 6.45) is 1.61. The SMILES string of the molecule is CC1=NN(c2nn[nH]n2)C(=O)/C1=C/c1ccc(-c2ccc(Cl)cc2Cl)o1. The number of benzene rings is 1. The topological polar surface area (TPSA) is 100 Å². The second-order valence-corrected chi connectivity index (χ2v) is 6.24. The molecule has 0 unspecified atom stereocenters. The first-order valence-electron chi connectivity index (χ1n) is 7.43. The van der Waals surface area contributed by atoms with Gasteiger partial charge in [-0.1, -0.05) is 28.3 Å². The number of halogens is 2. The molecule has 0 spiro atoms. The molecule has 3 heterocycles. The van der Waals surface area contributed by atoms with Crippen molar-refractivity contribution < 1.29 is 9.21 Å². The van der Waals surface area contributed by atoms with E-state index in [0.717, 1.165) is 5.01 Å². The number of aromatic nitrogens is 4. The van der Waals surface area contributed by atoms with E-state index >= 15 is 0 Å². The average molecular weight is 389 g/mol. The maximum absolute atomic E-state index is 12.5. The normalized spacial score (nSPS) is 15.8. The number of hydrogen-bond donors (Lipinski definition) is 1. The number of tetrazole rings is 1. The van der Waals surface area contributed by atoms with Gasteiger partial charge in [0.2, 0.25) is 0 Å². The van der Waals surface area contributed by atoms with Gasteiger partial charge in [0, 0.05) is 10.6 Å². The van der Waals surface area contributed by atoms with Crippen molar-refractivity contribution >= 4 is 46.8 Å². The lowest BCUT2D eigenvalue weighted by Gasteiger charge is -2.04. The van der Waals surface area contributed by atoms with Crippen molar-refractivity contribution in [2.24, 2.45) is 5.10 Å². The van der Waals surface area contributed by atoms with Crippen molar-refractivity contribution in [1.82, 2.24) is 20.6 Å². The van der Waals surface area contributed by atoms with E-state index in [0.29, 0.717) is 38.4 Å². The van der Waals surface area contributed by atoms with Gasteiger partial charge in [0.15, 0.2) is 0 Å². The van der Waals surface area contributed by atoms with Crippen LogP contribution in [-0.4, -0.2) is 32.2 Å². The van der Waals surface area contributed by atoms with Crippen molar-refractivity contribution in [2.75, 3.05) is 5.01 Å². The lowest BCUT2D eigenvalue weighted by atomic mass is 10.1. The van der Waals surface area contributed by atoms with Crippen molar-refractivity contribution in [3.05, 3.63) is 51.7 Å². The molecule has 1 N–H and O–H groups in total. The molecular formula is C16H10Cl2N6O2. The van der Waals surface area contributed by atoms with Gasteiger partial charge in [-0.15, -0.1) is 5.10 Å². The monoisotopic (exact) mass is 388 g/mol. The Labute approximate surface area is 157 Å². The Bertz CT molecular complexity index is 1050. The van der Waals surface area contributed by atoms with Gasteiger partial charge in [-0.05, 0) is 48.5 Å². The van der Waals surface area contributed by atoms with E-state index < -0.39 is 0 Å². The molecule has 0 fully saturated rings. The highest BCUT2D eigenvalue weighted by molar-refractivity contribution is 6.36. The van der Waals surface area contributed by atoms with Crippen LogP contribution in [0.4, 0.5) is 5.95 Å². The predicted molar refractivity (Wildman–Crippen MR) is 96.9 cm³/mol. The van der Waals surface area contributed by atoms with Crippen LogP contribution in [0.15, 0.2) is 45.4 Å². The summed E-state index contributed by atoms with van der Waals surface area (Å²) in [5.74, 6) is 0.754. The molecule has 130 valence electrons. The fraction of sp³-hybridized carbons (Fsp3) is 0.0625.